The van der Waals surface area contributed by atoms with Crippen LogP contribution in [0.5, 0.6) is 0 Å². The molecule has 1 amide bonds. The molecule has 2 aromatic heterocycles. The molecule has 0 bridgehead atoms. The minimum Gasteiger partial charge on any atom is -0.360 e. The molecule has 0 fully saturated rings. The molecule has 4 aromatic rings. The van der Waals surface area contributed by atoms with Crippen LogP contribution >= 0.6 is 0 Å². The predicted molar refractivity (Wildman–Crippen MR) is 116 cm³/mol. The molecule has 2 heterocycles. The number of aryl methyl sites for hydroxylation is 2. The summed E-state index contributed by atoms with van der Waals surface area (Å²) in [6.07, 6.45) is 2.57. The largest absolute Gasteiger partial charge is 0.360 e. The summed E-state index contributed by atoms with van der Waals surface area (Å²) in [6.45, 7) is 4.25. The van der Waals surface area contributed by atoms with E-state index in [1.807, 2.05) is 18.5 Å². The predicted octanol–water partition coefficient (Wildman–Crippen LogP) is 4.65. The minimum atomic E-state index is -0.421. The highest BCUT2D eigenvalue weighted by Gasteiger charge is 2.26. The normalized spacial score (nSPS) is 11.1. The van der Waals surface area contributed by atoms with Gasteiger partial charge in [0, 0.05) is 47.4 Å². The molecule has 0 aliphatic rings. The van der Waals surface area contributed by atoms with E-state index in [2.05, 4.69) is 10.5 Å². The van der Waals surface area contributed by atoms with E-state index in [1.165, 1.54) is 12.1 Å². The molecule has 0 saturated carbocycles. The van der Waals surface area contributed by atoms with Crippen molar-refractivity contribution in [3.8, 4) is 11.3 Å². The molecule has 0 atom stereocenters. The summed E-state index contributed by atoms with van der Waals surface area (Å²) < 4.78 is 20.8. The first-order valence-corrected chi connectivity index (χ1v) is 10.0. The van der Waals surface area contributed by atoms with Gasteiger partial charge in [0.25, 0.3) is 5.91 Å². The quantitative estimate of drug-likeness (QED) is 0.462. The van der Waals surface area contributed by atoms with Crippen molar-refractivity contribution >= 4 is 22.6 Å². The molecule has 7 heteroatoms. The number of hydrogen-bond donors (Lipinski definition) is 1. The summed E-state index contributed by atoms with van der Waals surface area (Å²) in [5.74, 6) is -0.486. The number of ketones is 1. The molecule has 158 valence electrons. The Hall–Kier alpha value is -3.74. The summed E-state index contributed by atoms with van der Waals surface area (Å²) >= 11 is 0. The molecule has 1 N–H and O–H groups in total. The van der Waals surface area contributed by atoms with Crippen LogP contribution in [0.1, 0.15) is 45.4 Å². The van der Waals surface area contributed by atoms with Crippen LogP contribution < -0.4 is 5.32 Å². The van der Waals surface area contributed by atoms with E-state index in [0.717, 1.165) is 11.9 Å². The summed E-state index contributed by atoms with van der Waals surface area (Å²) in [6, 6.07) is 11.1. The minimum absolute atomic E-state index is 0.152. The molecule has 0 unspecified atom stereocenters. The number of nitrogens with zero attached hydrogens (tertiary/aromatic N) is 2. The molecule has 0 saturated heterocycles. The molecule has 6 nitrogen and oxygen atoms in total. The smallest absolute Gasteiger partial charge is 0.251 e. The number of benzene rings is 2. The van der Waals surface area contributed by atoms with Gasteiger partial charge >= 0.3 is 0 Å². The van der Waals surface area contributed by atoms with Crippen molar-refractivity contribution in [1.82, 2.24) is 15.0 Å². The Morgan fingerprint density at radius 2 is 2.00 bits per heavy atom. The summed E-state index contributed by atoms with van der Waals surface area (Å²) in [5.41, 5.74) is 2.81. The maximum absolute atomic E-state index is 13.7. The van der Waals surface area contributed by atoms with Crippen molar-refractivity contribution in [2.75, 3.05) is 6.54 Å². The van der Waals surface area contributed by atoms with Gasteiger partial charge < -0.3 is 14.4 Å². The Kier molecular flexibility index (Phi) is 5.42. The van der Waals surface area contributed by atoms with Gasteiger partial charge in [0.1, 0.15) is 17.3 Å². The van der Waals surface area contributed by atoms with Crippen LogP contribution in [-0.4, -0.2) is 28.0 Å². The second-order valence-corrected chi connectivity index (χ2v) is 7.44. The lowest BCUT2D eigenvalue weighted by Crippen LogP contribution is -2.23. The Labute approximate surface area is 178 Å². The highest BCUT2D eigenvalue weighted by atomic mass is 19.1. The zero-order valence-corrected chi connectivity index (χ0v) is 17.5. The number of hydrogen-bond acceptors (Lipinski definition) is 4. The standard InChI is InChI=1S/C24H22FN3O3/c1-4-10-26-24(30)16-8-9-18-19(13-28(3)20(18)12-16)23(29)21-14(2)31-27-22(21)15-6-5-7-17(25)11-15/h5-9,11-13H,4,10H2,1-3H3,(H,26,30). The number of rotatable bonds is 6. The van der Waals surface area contributed by atoms with Crippen LogP contribution in [0.15, 0.2) is 53.2 Å². The number of aromatic nitrogens is 2. The average Bonchev–Trinajstić information content (AvgIpc) is 3.31. The molecule has 0 aliphatic heterocycles. The van der Waals surface area contributed by atoms with Crippen molar-refractivity contribution in [2.24, 2.45) is 7.05 Å². The van der Waals surface area contributed by atoms with E-state index < -0.39 is 5.82 Å². The summed E-state index contributed by atoms with van der Waals surface area (Å²) in [7, 11) is 1.82. The van der Waals surface area contributed by atoms with E-state index >= 15 is 0 Å². The van der Waals surface area contributed by atoms with Crippen LogP contribution in [0.25, 0.3) is 22.2 Å². The highest BCUT2D eigenvalue weighted by molar-refractivity contribution is 6.19. The maximum Gasteiger partial charge on any atom is 0.251 e. The number of fused-ring (bicyclic) bond motifs is 1. The fraction of sp³-hybridized carbons (Fsp3) is 0.208. The fourth-order valence-corrected chi connectivity index (χ4v) is 3.65. The van der Waals surface area contributed by atoms with Gasteiger partial charge in [-0.1, -0.05) is 30.3 Å². The van der Waals surface area contributed by atoms with Gasteiger partial charge in [-0.15, -0.1) is 0 Å². The third kappa shape index (κ3) is 3.74. The Bertz CT molecular complexity index is 1300. The second-order valence-electron chi connectivity index (χ2n) is 7.44. The number of halogens is 1. The topological polar surface area (TPSA) is 77.1 Å². The van der Waals surface area contributed by atoms with E-state index in [1.54, 1.807) is 43.5 Å². The van der Waals surface area contributed by atoms with Gasteiger partial charge in [-0.3, -0.25) is 9.59 Å². The van der Waals surface area contributed by atoms with Crippen molar-refractivity contribution in [3.63, 3.8) is 0 Å². The SMILES string of the molecule is CCCNC(=O)c1ccc2c(C(=O)c3c(-c4cccc(F)c4)noc3C)cn(C)c2c1. The fourth-order valence-electron chi connectivity index (χ4n) is 3.65. The van der Waals surface area contributed by atoms with E-state index in [0.29, 0.717) is 45.6 Å². The Morgan fingerprint density at radius 3 is 2.74 bits per heavy atom. The maximum atomic E-state index is 13.7. The molecular formula is C24H22FN3O3. The monoisotopic (exact) mass is 419 g/mol. The lowest BCUT2D eigenvalue weighted by molar-refractivity contribution is 0.0953. The first-order valence-electron chi connectivity index (χ1n) is 10.0. The number of nitrogens with one attached hydrogen (secondary N) is 1. The van der Waals surface area contributed by atoms with Crippen molar-refractivity contribution in [1.29, 1.82) is 0 Å². The summed E-state index contributed by atoms with van der Waals surface area (Å²) in [4.78, 5) is 25.8. The van der Waals surface area contributed by atoms with E-state index in [9.17, 15) is 14.0 Å². The van der Waals surface area contributed by atoms with E-state index in [4.69, 9.17) is 4.52 Å². The van der Waals surface area contributed by atoms with Gasteiger partial charge in [-0.25, -0.2) is 4.39 Å². The average molecular weight is 419 g/mol. The Balaban J connectivity index is 1.78. The van der Waals surface area contributed by atoms with Crippen LogP contribution in [0.2, 0.25) is 0 Å². The third-order valence-electron chi connectivity index (χ3n) is 5.22. The molecule has 0 radical (unpaired) electrons. The molecular weight excluding hydrogens is 397 g/mol. The van der Waals surface area contributed by atoms with Gasteiger partial charge in [-0.05, 0) is 37.6 Å². The summed E-state index contributed by atoms with van der Waals surface area (Å²) in [5, 5.41) is 7.57. The number of carbonyl (C=O) groups is 2. The third-order valence-corrected chi connectivity index (χ3v) is 5.22. The van der Waals surface area contributed by atoms with Crippen LogP contribution in [0.4, 0.5) is 4.39 Å². The highest BCUT2D eigenvalue weighted by Crippen LogP contribution is 2.31. The number of amides is 1. The molecule has 2 aromatic carbocycles. The zero-order valence-electron chi connectivity index (χ0n) is 17.5. The van der Waals surface area contributed by atoms with Crippen molar-refractivity contribution in [3.05, 3.63) is 76.9 Å². The van der Waals surface area contributed by atoms with Gasteiger partial charge in [-0.2, -0.15) is 0 Å². The van der Waals surface area contributed by atoms with Crippen molar-refractivity contribution in [2.45, 2.75) is 20.3 Å². The molecule has 0 spiro atoms. The van der Waals surface area contributed by atoms with E-state index in [-0.39, 0.29) is 11.7 Å². The lowest BCUT2D eigenvalue weighted by atomic mass is 9.97. The molecule has 0 aliphatic carbocycles. The first kappa shape index (κ1) is 20.5. The Morgan fingerprint density at radius 1 is 1.19 bits per heavy atom. The molecule has 4 rings (SSSR count). The van der Waals surface area contributed by atoms with Crippen molar-refractivity contribution < 1.29 is 18.5 Å². The van der Waals surface area contributed by atoms with Crippen LogP contribution in [-0.2, 0) is 7.05 Å². The second kappa shape index (κ2) is 8.18. The number of carbonyl (C=O) groups excluding carboxylic acids is 2. The van der Waals surface area contributed by atoms with Gasteiger partial charge in [0.2, 0.25) is 5.78 Å². The van der Waals surface area contributed by atoms with Gasteiger partial charge in [0.15, 0.2) is 0 Å². The first-order chi connectivity index (χ1) is 14.9. The van der Waals surface area contributed by atoms with Crippen LogP contribution in [0.3, 0.4) is 0 Å². The van der Waals surface area contributed by atoms with Gasteiger partial charge in [0.05, 0.1) is 5.56 Å². The molecule has 31 heavy (non-hydrogen) atoms. The lowest BCUT2D eigenvalue weighted by Gasteiger charge is -2.05. The zero-order chi connectivity index (χ0) is 22.1. The van der Waals surface area contributed by atoms with Crippen LogP contribution in [0, 0.1) is 12.7 Å².